The number of carboxylic acids is 1. The van der Waals surface area contributed by atoms with Gasteiger partial charge in [-0.2, -0.15) is 0 Å². The highest BCUT2D eigenvalue weighted by atomic mass is 32.1. The molecule has 1 aromatic heterocycles. The number of esters is 2. The monoisotopic (exact) mass is 341 g/mol. The van der Waals surface area contributed by atoms with E-state index in [4.69, 9.17) is 9.84 Å². The highest BCUT2D eigenvalue weighted by Crippen LogP contribution is 2.34. The zero-order valence-electron chi connectivity index (χ0n) is 12.7. The highest BCUT2D eigenvalue weighted by Gasteiger charge is 2.26. The Hall–Kier alpha value is -2.68. The molecule has 0 atom stereocenters. The van der Waals surface area contributed by atoms with Crippen LogP contribution in [-0.2, 0) is 19.1 Å². The van der Waals surface area contributed by atoms with Gasteiger partial charge in [-0.05, 0) is 19.4 Å². The number of carbonyl (C=O) groups excluding carboxylic acids is 3. The molecule has 124 valence electrons. The van der Waals surface area contributed by atoms with Crippen molar-refractivity contribution in [1.82, 2.24) is 0 Å². The molecule has 0 aliphatic heterocycles. The molecule has 2 N–H and O–H groups in total. The molecule has 0 radical (unpaired) electrons. The smallest absolute Gasteiger partial charge is 0.348 e. The summed E-state index contributed by atoms with van der Waals surface area (Å²) in [5, 5.41) is 10.9. The summed E-state index contributed by atoms with van der Waals surface area (Å²) in [5.41, 5.74) is 0.354. The van der Waals surface area contributed by atoms with Crippen LogP contribution >= 0.6 is 11.3 Å². The number of nitrogens with one attached hydrogen (secondary N) is 1. The van der Waals surface area contributed by atoms with Crippen LogP contribution in [0.15, 0.2) is 12.2 Å². The largest absolute Gasteiger partial charge is 0.478 e. The van der Waals surface area contributed by atoms with Crippen molar-refractivity contribution in [3.8, 4) is 0 Å². The van der Waals surface area contributed by atoms with Crippen LogP contribution in [0.5, 0.6) is 0 Å². The number of carboxylic acid groups (broad SMARTS) is 1. The lowest BCUT2D eigenvalue weighted by Crippen LogP contribution is -2.13. The zero-order chi connectivity index (χ0) is 17.6. The van der Waals surface area contributed by atoms with Gasteiger partial charge in [-0.15, -0.1) is 11.3 Å². The molecule has 23 heavy (non-hydrogen) atoms. The molecular weight excluding hydrogens is 326 g/mol. The lowest BCUT2D eigenvalue weighted by atomic mass is 10.1. The van der Waals surface area contributed by atoms with E-state index in [9.17, 15) is 19.2 Å². The second-order valence-electron chi connectivity index (χ2n) is 4.13. The first-order valence-corrected chi connectivity index (χ1v) is 7.24. The van der Waals surface area contributed by atoms with E-state index in [0.717, 1.165) is 17.4 Å². The van der Waals surface area contributed by atoms with Crippen molar-refractivity contribution in [3.05, 3.63) is 28.2 Å². The van der Waals surface area contributed by atoms with Crippen LogP contribution in [0, 0.1) is 6.92 Å². The Morgan fingerprint density at radius 1 is 1.22 bits per heavy atom. The molecule has 1 amide bonds. The number of thiophene rings is 1. The van der Waals surface area contributed by atoms with Crippen LogP contribution < -0.4 is 5.32 Å². The molecule has 0 saturated heterocycles. The van der Waals surface area contributed by atoms with Gasteiger partial charge in [-0.1, -0.05) is 0 Å². The van der Waals surface area contributed by atoms with Crippen molar-refractivity contribution in [2.45, 2.75) is 13.8 Å². The lowest BCUT2D eigenvalue weighted by Gasteiger charge is -2.05. The summed E-state index contributed by atoms with van der Waals surface area (Å²) >= 11 is 0.847. The van der Waals surface area contributed by atoms with Gasteiger partial charge in [0.1, 0.15) is 9.88 Å². The number of aliphatic carboxylic acids is 1. The standard InChI is InChI=1S/C14H15NO7S/c1-4-22-13(19)10-7(2)11(14(20)21-3)23-12(10)15-8(16)5-6-9(17)18/h5-6H,4H2,1-3H3,(H,15,16)(H,17,18)/b6-5+. The van der Waals surface area contributed by atoms with Crippen molar-refractivity contribution in [1.29, 1.82) is 0 Å². The van der Waals surface area contributed by atoms with Crippen LogP contribution in [0.25, 0.3) is 0 Å². The van der Waals surface area contributed by atoms with E-state index < -0.39 is 23.8 Å². The molecule has 0 fully saturated rings. The van der Waals surface area contributed by atoms with Gasteiger partial charge < -0.3 is 19.9 Å². The summed E-state index contributed by atoms with van der Waals surface area (Å²) in [6, 6.07) is 0. The maximum atomic E-state index is 12.0. The van der Waals surface area contributed by atoms with Gasteiger partial charge in [-0.3, -0.25) is 4.79 Å². The Labute approximate surface area is 135 Å². The summed E-state index contributed by atoms with van der Waals surface area (Å²) < 4.78 is 9.53. The normalized spacial score (nSPS) is 10.4. The molecule has 0 spiro atoms. The Balaban J connectivity index is 3.23. The van der Waals surface area contributed by atoms with E-state index in [1.807, 2.05) is 0 Å². The number of ether oxygens (including phenoxy) is 2. The average Bonchev–Trinajstić information content (AvgIpc) is 2.81. The minimum Gasteiger partial charge on any atom is -0.478 e. The zero-order valence-corrected chi connectivity index (χ0v) is 13.5. The first-order valence-electron chi connectivity index (χ1n) is 6.42. The lowest BCUT2D eigenvalue weighted by molar-refractivity contribution is -0.131. The Bertz CT molecular complexity index is 675. The summed E-state index contributed by atoms with van der Waals surface area (Å²) in [6.07, 6.45) is 1.45. The SMILES string of the molecule is CCOC(=O)c1c(NC(=O)/C=C/C(=O)O)sc(C(=O)OC)c1C. The van der Waals surface area contributed by atoms with Crippen molar-refractivity contribution in [3.63, 3.8) is 0 Å². The predicted molar refractivity (Wildman–Crippen MR) is 81.8 cm³/mol. The van der Waals surface area contributed by atoms with Gasteiger partial charge in [0.2, 0.25) is 5.91 Å². The minimum absolute atomic E-state index is 0.0364. The summed E-state index contributed by atoms with van der Waals surface area (Å²) in [6.45, 7) is 3.26. The first kappa shape index (κ1) is 18.4. The van der Waals surface area contributed by atoms with Crippen molar-refractivity contribution < 1.29 is 33.8 Å². The molecule has 1 rings (SSSR count). The van der Waals surface area contributed by atoms with Gasteiger partial charge >= 0.3 is 17.9 Å². The van der Waals surface area contributed by atoms with Crippen molar-refractivity contribution >= 4 is 40.2 Å². The molecular formula is C14H15NO7S. The highest BCUT2D eigenvalue weighted by molar-refractivity contribution is 7.18. The van der Waals surface area contributed by atoms with Gasteiger partial charge in [0.05, 0.1) is 19.3 Å². The fraction of sp³-hybridized carbons (Fsp3) is 0.286. The third kappa shape index (κ3) is 4.65. The number of hydrogen-bond donors (Lipinski definition) is 2. The third-order valence-electron chi connectivity index (χ3n) is 2.61. The topological polar surface area (TPSA) is 119 Å². The quantitative estimate of drug-likeness (QED) is 0.596. The summed E-state index contributed by atoms with van der Waals surface area (Å²) in [7, 11) is 1.19. The van der Waals surface area contributed by atoms with Gasteiger partial charge in [0.25, 0.3) is 0 Å². The van der Waals surface area contributed by atoms with Gasteiger partial charge in [0.15, 0.2) is 0 Å². The Kier molecular flexibility index (Phi) is 6.46. The maximum Gasteiger partial charge on any atom is 0.348 e. The van der Waals surface area contributed by atoms with Crippen molar-refractivity contribution in [2.24, 2.45) is 0 Å². The second kappa shape index (κ2) is 8.08. The van der Waals surface area contributed by atoms with Crippen molar-refractivity contribution in [2.75, 3.05) is 19.0 Å². The van der Waals surface area contributed by atoms with E-state index >= 15 is 0 Å². The third-order valence-corrected chi connectivity index (χ3v) is 3.80. The van der Waals surface area contributed by atoms with E-state index in [1.165, 1.54) is 14.0 Å². The molecule has 1 heterocycles. The molecule has 1 aromatic rings. The average molecular weight is 341 g/mol. The molecule has 0 aliphatic rings. The second-order valence-corrected chi connectivity index (χ2v) is 5.15. The molecule has 0 aliphatic carbocycles. The summed E-state index contributed by atoms with van der Waals surface area (Å²) in [4.78, 5) is 46.0. The van der Waals surface area contributed by atoms with E-state index in [-0.39, 0.29) is 22.0 Å². The minimum atomic E-state index is -1.29. The molecule has 0 unspecified atom stereocenters. The maximum absolute atomic E-state index is 12.0. The fourth-order valence-corrected chi connectivity index (χ4v) is 2.75. The number of carbonyl (C=O) groups is 4. The fourth-order valence-electron chi connectivity index (χ4n) is 1.64. The molecule has 0 bridgehead atoms. The number of amides is 1. The Morgan fingerprint density at radius 2 is 1.87 bits per heavy atom. The number of methoxy groups -OCH3 is 1. The van der Waals surface area contributed by atoms with Gasteiger partial charge in [0, 0.05) is 12.2 Å². The number of hydrogen-bond acceptors (Lipinski definition) is 7. The molecule has 8 nitrogen and oxygen atoms in total. The number of anilines is 1. The van der Waals surface area contributed by atoms with Crippen LogP contribution in [0.1, 0.15) is 32.5 Å². The van der Waals surface area contributed by atoms with E-state index in [0.29, 0.717) is 11.6 Å². The van der Waals surface area contributed by atoms with Crippen LogP contribution in [0.2, 0.25) is 0 Å². The molecule has 9 heteroatoms. The first-order chi connectivity index (χ1) is 10.8. The van der Waals surface area contributed by atoms with Crippen LogP contribution in [0.3, 0.4) is 0 Å². The molecule has 0 aromatic carbocycles. The number of rotatable bonds is 6. The predicted octanol–water partition coefficient (Wildman–Crippen LogP) is 1.60. The van der Waals surface area contributed by atoms with E-state index in [1.54, 1.807) is 6.92 Å². The molecule has 0 saturated carbocycles. The summed E-state index contributed by atoms with van der Waals surface area (Å²) in [5.74, 6) is -3.40. The van der Waals surface area contributed by atoms with Crippen LogP contribution in [0.4, 0.5) is 5.00 Å². The Morgan fingerprint density at radius 3 is 2.39 bits per heavy atom. The van der Waals surface area contributed by atoms with Crippen LogP contribution in [-0.4, -0.2) is 42.6 Å². The van der Waals surface area contributed by atoms with Gasteiger partial charge in [-0.25, -0.2) is 14.4 Å². The van der Waals surface area contributed by atoms with E-state index in [2.05, 4.69) is 10.1 Å².